The molecule has 4 nitrogen and oxygen atoms in total. The number of likely N-dealkylation sites (tertiary alicyclic amines) is 1. The number of piperidine rings is 1. The molecule has 0 unspecified atom stereocenters. The molecule has 1 saturated heterocycles. The lowest BCUT2D eigenvalue weighted by molar-refractivity contribution is 0.222. The van der Waals surface area contributed by atoms with E-state index in [-0.39, 0.29) is 0 Å². The van der Waals surface area contributed by atoms with Gasteiger partial charge in [-0.2, -0.15) is 0 Å². The first-order valence-corrected chi connectivity index (χ1v) is 7.75. The molecule has 112 valence electrons. The summed E-state index contributed by atoms with van der Waals surface area (Å²) in [6.07, 6.45) is 4.50. The van der Waals surface area contributed by atoms with Crippen LogP contribution in [-0.4, -0.2) is 50.2 Å². The molecule has 0 atom stereocenters. The highest BCUT2D eigenvalue weighted by atomic mass is 15.2. The van der Waals surface area contributed by atoms with Crippen molar-refractivity contribution in [2.45, 2.75) is 26.3 Å². The van der Waals surface area contributed by atoms with Crippen LogP contribution in [0.25, 0.3) is 0 Å². The number of nitrogens with one attached hydrogen (secondary N) is 1. The van der Waals surface area contributed by atoms with Gasteiger partial charge in [0.15, 0.2) is 0 Å². The number of pyridine rings is 1. The Labute approximate surface area is 123 Å². The van der Waals surface area contributed by atoms with Crippen molar-refractivity contribution in [1.82, 2.24) is 15.2 Å². The van der Waals surface area contributed by atoms with Crippen LogP contribution in [-0.2, 0) is 6.54 Å². The lowest BCUT2D eigenvalue weighted by Gasteiger charge is -2.32. The van der Waals surface area contributed by atoms with Crippen molar-refractivity contribution in [3.63, 3.8) is 0 Å². The molecule has 1 aromatic rings. The van der Waals surface area contributed by atoms with Crippen LogP contribution in [0.4, 0.5) is 5.82 Å². The topological polar surface area (TPSA) is 31.4 Å². The molecule has 1 fully saturated rings. The first-order valence-electron chi connectivity index (χ1n) is 7.75. The van der Waals surface area contributed by atoms with E-state index in [1.165, 1.54) is 31.5 Å². The smallest absolute Gasteiger partial charge is 0.132 e. The second-order valence-electron chi connectivity index (χ2n) is 5.89. The minimum Gasteiger partial charge on any atom is -0.359 e. The summed E-state index contributed by atoms with van der Waals surface area (Å²) in [6.45, 7) is 7.60. The molecule has 1 aliphatic heterocycles. The van der Waals surface area contributed by atoms with Crippen LogP contribution in [0.5, 0.6) is 0 Å². The zero-order valence-corrected chi connectivity index (χ0v) is 13.1. The van der Waals surface area contributed by atoms with Crippen molar-refractivity contribution in [3.05, 3.63) is 23.9 Å². The Balaban J connectivity index is 1.96. The maximum absolute atomic E-state index is 4.59. The summed E-state index contributed by atoms with van der Waals surface area (Å²) in [5.74, 6) is 1.93. The molecule has 1 aromatic heterocycles. The largest absolute Gasteiger partial charge is 0.359 e. The Morgan fingerprint density at radius 1 is 1.40 bits per heavy atom. The van der Waals surface area contributed by atoms with Gasteiger partial charge in [-0.1, -0.05) is 13.0 Å². The molecule has 1 aliphatic rings. The molecule has 0 radical (unpaired) electrons. The molecule has 0 spiro atoms. The molecule has 0 saturated carbocycles. The van der Waals surface area contributed by atoms with E-state index in [1.807, 2.05) is 12.3 Å². The summed E-state index contributed by atoms with van der Waals surface area (Å²) < 4.78 is 0. The van der Waals surface area contributed by atoms with Crippen molar-refractivity contribution >= 4 is 5.82 Å². The molecule has 2 rings (SSSR count). The Kier molecular flexibility index (Phi) is 5.80. The van der Waals surface area contributed by atoms with Crippen LogP contribution in [0.1, 0.15) is 25.3 Å². The summed E-state index contributed by atoms with van der Waals surface area (Å²) in [5, 5.41) is 3.40. The summed E-state index contributed by atoms with van der Waals surface area (Å²) in [7, 11) is 4.39. The standard InChI is InChI=1S/C16H28N4/c1-4-17-12-15-6-5-9-18-16(15)20(3)13-14-7-10-19(2)11-8-14/h5-6,9,14,17H,4,7-8,10-13H2,1-3H3. The zero-order valence-electron chi connectivity index (χ0n) is 13.1. The normalized spacial score (nSPS) is 17.4. The quantitative estimate of drug-likeness (QED) is 0.861. The SMILES string of the molecule is CCNCc1cccnc1N(C)CC1CCN(C)CC1. The summed E-state index contributed by atoms with van der Waals surface area (Å²) in [6, 6.07) is 4.20. The fourth-order valence-corrected chi connectivity index (χ4v) is 2.89. The second kappa shape index (κ2) is 7.60. The summed E-state index contributed by atoms with van der Waals surface area (Å²) in [5.41, 5.74) is 1.30. The van der Waals surface area contributed by atoms with E-state index in [1.54, 1.807) is 0 Å². The van der Waals surface area contributed by atoms with Crippen molar-refractivity contribution in [2.75, 3.05) is 45.2 Å². The zero-order chi connectivity index (χ0) is 14.4. The van der Waals surface area contributed by atoms with Gasteiger partial charge < -0.3 is 15.1 Å². The van der Waals surface area contributed by atoms with Gasteiger partial charge in [-0.3, -0.25) is 0 Å². The van der Waals surface area contributed by atoms with E-state index in [4.69, 9.17) is 0 Å². The minimum atomic E-state index is 0.796. The third-order valence-corrected chi connectivity index (χ3v) is 4.16. The second-order valence-corrected chi connectivity index (χ2v) is 5.89. The first-order chi connectivity index (χ1) is 9.70. The van der Waals surface area contributed by atoms with E-state index in [0.29, 0.717) is 0 Å². The molecule has 0 bridgehead atoms. The third-order valence-electron chi connectivity index (χ3n) is 4.16. The van der Waals surface area contributed by atoms with E-state index in [0.717, 1.165) is 31.4 Å². The average Bonchev–Trinajstić information content (AvgIpc) is 2.47. The lowest BCUT2D eigenvalue weighted by Crippen LogP contribution is -2.36. The van der Waals surface area contributed by atoms with Crippen LogP contribution < -0.4 is 10.2 Å². The molecule has 0 aliphatic carbocycles. The van der Waals surface area contributed by atoms with Crippen molar-refractivity contribution in [1.29, 1.82) is 0 Å². The van der Waals surface area contributed by atoms with E-state index in [2.05, 4.69) is 47.2 Å². The Bertz CT molecular complexity index is 399. The third kappa shape index (κ3) is 4.18. The molecule has 4 heteroatoms. The summed E-state index contributed by atoms with van der Waals surface area (Å²) >= 11 is 0. The fourth-order valence-electron chi connectivity index (χ4n) is 2.89. The number of hydrogen-bond acceptors (Lipinski definition) is 4. The van der Waals surface area contributed by atoms with Gasteiger partial charge in [-0.25, -0.2) is 4.98 Å². The number of hydrogen-bond donors (Lipinski definition) is 1. The van der Waals surface area contributed by atoms with Crippen LogP contribution in [0.15, 0.2) is 18.3 Å². The highest BCUT2D eigenvalue weighted by Gasteiger charge is 2.19. The van der Waals surface area contributed by atoms with Gasteiger partial charge >= 0.3 is 0 Å². The van der Waals surface area contributed by atoms with Gasteiger partial charge in [0.05, 0.1) is 0 Å². The monoisotopic (exact) mass is 276 g/mol. The average molecular weight is 276 g/mol. The van der Waals surface area contributed by atoms with Crippen LogP contribution in [0.3, 0.4) is 0 Å². The van der Waals surface area contributed by atoms with Crippen molar-refractivity contribution < 1.29 is 0 Å². The minimum absolute atomic E-state index is 0.796. The van der Waals surface area contributed by atoms with Gasteiger partial charge in [0.1, 0.15) is 5.82 Å². The number of nitrogens with zero attached hydrogens (tertiary/aromatic N) is 3. The van der Waals surface area contributed by atoms with Crippen LogP contribution >= 0.6 is 0 Å². The van der Waals surface area contributed by atoms with Gasteiger partial charge in [-0.05, 0) is 51.5 Å². The maximum atomic E-state index is 4.59. The first kappa shape index (κ1) is 15.3. The predicted molar refractivity (Wildman–Crippen MR) is 85.1 cm³/mol. The molecular weight excluding hydrogens is 248 g/mol. The highest BCUT2D eigenvalue weighted by Crippen LogP contribution is 2.21. The van der Waals surface area contributed by atoms with Gasteiger partial charge in [0, 0.05) is 31.9 Å². The van der Waals surface area contributed by atoms with Crippen LogP contribution in [0, 0.1) is 5.92 Å². The number of anilines is 1. The molecule has 2 heterocycles. The van der Waals surface area contributed by atoms with E-state index >= 15 is 0 Å². The highest BCUT2D eigenvalue weighted by molar-refractivity contribution is 5.45. The molecular formula is C16H28N4. The molecule has 0 amide bonds. The van der Waals surface area contributed by atoms with Gasteiger partial charge in [0.2, 0.25) is 0 Å². The van der Waals surface area contributed by atoms with Crippen LogP contribution in [0.2, 0.25) is 0 Å². The Hall–Kier alpha value is -1.13. The Morgan fingerprint density at radius 2 is 2.15 bits per heavy atom. The maximum Gasteiger partial charge on any atom is 0.132 e. The van der Waals surface area contributed by atoms with Crippen molar-refractivity contribution in [2.24, 2.45) is 5.92 Å². The number of rotatable bonds is 6. The molecule has 20 heavy (non-hydrogen) atoms. The fraction of sp³-hybridized carbons (Fsp3) is 0.688. The summed E-state index contributed by atoms with van der Waals surface area (Å²) in [4.78, 5) is 9.35. The predicted octanol–water partition coefficient (Wildman–Crippen LogP) is 1.97. The lowest BCUT2D eigenvalue weighted by atomic mass is 9.96. The van der Waals surface area contributed by atoms with Gasteiger partial charge in [0.25, 0.3) is 0 Å². The van der Waals surface area contributed by atoms with Gasteiger partial charge in [-0.15, -0.1) is 0 Å². The van der Waals surface area contributed by atoms with Crippen molar-refractivity contribution in [3.8, 4) is 0 Å². The molecule has 0 aromatic carbocycles. The Morgan fingerprint density at radius 3 is 2.85 bits per heavy atom. The number of aromatic nitrogens is 1. The van der Waals surface area contributed by atoms with E-state index in [9.17, 15) is 0 Å². The molecule has 1 N–H and O–H groups in total. The van der Waals surface area contributed by atoms with E-state index < -0.39 is 0 Å².